The number of phenolic OH excluding ortho intramolecular Hbond substituents is 1. The number of hydrogen-bond donors (Lipinski definition) is 3. The van der Waals surface area contributed by atoms with Crippen LogP contribution in [0.15, 0.2) is 42.5 Å². The summed E-state index contributed by atoms with van der Waals surface area (Å²) in [5, 5.41) is 14.6. The topological polar surface area (TPSA) is 93.3 Å². The fourth-order valence-corrected chi connectivity index (χ4v) is 3.07. The standard InChI is InChI=1S/C21H26N4O2/c1-13(2)10-14(22)12-23-20-16-6-4-5-7-18(16)24-21(25-20)17-11-15(27-3)8-9-19(17)26/h4-9,11,13-14,26H,10,12,22H2,1-3H3,(H,23,24,25)/t14-/m0/s1. The van der Waals surface area contributed by atoms with Gasteiger partial charge in [-0.15, -0.1) is 0 Å². The van der Waals surface area contributed by atoms with Crippen LogP contribution < -0.4 is 15.8 Å². The predicted molar refractivity (Wildman–Crippen MR) is 109 cm³/mol. The van der Waals surface area contributed by atoms with Crippen LogP contribution in [0, 0.1) is 5.92 Å². The summed E-state index contributed by atoms with van der Waals surface area (Å²) < 4.78 is 5.27. The number of aromatic nitrogens is 2. The van der Waals surface area contributed by atoms with Crippen molar-refractivity contribution in [3.8, 4) is 22.9 Å². The molecule has 1 heterocycles. The van der Waals surface area contributed by atoms with E-state index in [1.807, 2.05) is 24.3 Å². The first-order valence-corrected chi connectivity index (χ1v) is 9.11. The molecule has 6 nitrogen and oxygen atoms in total. The van der Waals surface area contributed by atoms with Gasteiger partial charge in [-0.05, 0) is 42.7 Å². The van der Waals surface area contributed by atoms with E-state index in [0.717, 1.165) is 17.3 Å². The lowest BCUT2D eigenvalue weighted by atomic mass is 10.0. The third-order valence-corrected chi connectivity index (χ3v) is 4.35. The van der Waals surface area contributed by atoms with Crippen LogP contribution in [0.3, 0.4) is 0 Å². The Hall–Kier alpha value is -2.86. The minimum atomic E-state index is 0.0346. The number of hydrogen-bond acceptors (Lipinski definition) is 6. The molecule has 0 unspecified atom stereocenters. The van der Waals surface area contributed by atoms with E-state index in [0.29, 0.717) is 35.4 Å². The van der Waals surface area contributed by atoms with Crippen molar-refractivity contribution in [1.29, 1.82) is 0 Å². The van der Waals surface area contributed by atoms with Gasteiger partial charge >= 0.3 is 0 Å². The van der Waals surface area contributed by atoms with E-state index >= 15 is 0 Å². The summed E-state index contributed by atoms with van der Waals surface area (Å²) in [6.45, 7) is 4.93. The molecule has 2 aromatic carbocycles. The molecule has 3 aromatic rings. The van der Waals surface area contributed by atoms with Crippen molar-refractivity contribution < 1.29 is 9.84 Å². The van der Waals surface area contributed by atoms with Gasteiger partial charge in [0.05, 0.1) is 18.2 Å². The van der Waals surface area contributed by atoms with Crippen LogP contribution in [0.1, 0.15) is 20.3 Å². The SMILES string of the molecule is COc1ccc(O)c(-c2nc(NC[C@@H](N)CC(C)C)c3ccccc3n2)c1. The van der Waals surface area contributed by atoms with E-state index in [1.165, 1.54) is 0 Å². The number of para-hydroxylation sites is 1. The Morgan fingerprint density at radius 2 is 1.93 bits per heavy atom. The van der Waals surface area contributed by atoms with E-state index < -0.39 is 0 Å². The van der Waals surface area contributed by atoms with Gasteiger partial charge in [-0.1, -0.05) is 26.0 Å². The zero-order valence-electron chi connectivity index (χ0n) is 15.9. The van der Waals surface area contributed by atoms with Crippen LogP contribution >= 0.6 is 0 Å². The summed E-state index contributed by atoms with van der Waals surface area (Å²) in [6, 6.07) is 12.8. The molecule has 3 rings (SSSR count). The highest BCUT2D eigenvalue weighted by Crippen LogP contribution is 2.33. The average Bonchev–Trinajstić information content (AvgIpc) is 2.65. The Morgan fingerprint density at radius 3 is 2.67 bits per heavy atom. The molecule has 0 saturated carbocycles. The number of anilines is 1. The zero-order chi connectivity index (χ0) is 19.4. The van der Waals surface area contributed by atoms with Gasteiger partial charge in [0.1, 0.15) is 17.3 Å². The Bertz CT molecular complexity index is 927. The summed E-state index contributed by atoms with van der Waals surface area (Å²) in [5.74, 6) is 2.41. The van der Waals surface area contributed by atoms with E-state index in [9.17, 15) is 5.11 Å². The predicted octanol–water partition coefficient (Wildman–Crippen LogP) is 3.80. The lowest BCUT2D eigenvalue weighted by Crippen LogP contribution is -2.30. The highest BCUT2D eigenvalue weighted by Gasteiger charge is 2.14. The number of benzene rings is 2. The van der Waals surface area contributed by atoms with Crippen LogP contribution in [0.25, 0.3) is 22.3 Å². The number of aromatic hydroxyl groups is 1. The van der Waals surface area contributed by atoms with Gasteiger partial charge in [0.15, 0.2) is 5.82 Å². The molecular weight excluding hydrogens is 340 g/mol. The Labute approximate surface area is 159 Å². The molecule has 0 saturated heterocycles. The van der Waals surface area contributed by atoms with E-state index in [4.69, 9.17) is 10.5 Å². The van der Waals surface area contributed by atoms with Gasteiger partial charge in [0, 0.05) is 18.0 Å². The van der Waals surface area contributed by atoms with Crippen LogP contribution in [0.5, 0.6) is 11.5 Å². The third kappa shape index (κ3) is 4.46. The summed E-state index contributed by atoms with van der Waals surface area (Å²) in [6.07, 6.45) is 0.930. The van der Waals surface area contributed by atoms with Gasteiger partial charge in [-0.3, -0.25) is 0 Å². The van der Waals surface area contributed by atoms with Gasteiger partial charge in [0.25, 0.3) is 0 Å². The molecule has 27 heavy (non-hydrogen) atoms. The first-order valence-electron chi connectivity index (χ1n) is 9.11. The first-order chi connectivity index (χ1) is 13.0. The van der Waals surface area contributed by atoms with E-state index in [2.05, 4.69) is 29.1 Å². The van der Waals surface area contributed by atoms with Crippen molar-refractivity contribution in [2.24, 2.45) is 11.7 Å². The molecule has 0 spiro atoms. The lowest BCUT2D eigenvalue weighted by molar-refractivity contribution is 0.412. The number of rotatable bonds is 7. The van der Waals surface area contributed by atoms with E-state index in [1.54, 1.807) is 25.3 Å². The zero-order valence-corrected chi connectivity index (χ0v) is 15.9. The number of nitrogens with one attached hydrogen (secondary N) is 1. The second kappa shape index (κ2) is 8.22. The quantitative estimate of drug-likeness (QED) is 0.589. The van der Waals surface area contributed by atoms with E-state index in [-0.39, 0.29) is 11.8 Å². The molecule has 4 N–H and O–H groups in total. The second-order valence-electron chi connectivity index (χ2n) is 7.07. The minimum absolute atomic E-state index is 0.0346. The molecule has 0 fully saturated rings. The van der Waals surface area contributed by atoms with Crippen molar-refractivity contribution in [3.63, 3.8) is 0 Å². The number of nitrogens with zero attached hydrogens (tertiary/aromatic N) is 2. The molecule has 0 bridgehead atoms. The molecular formula is C21H26N4O2. The number of fused-ring (bicyclic) bond motifs is 1. The van der Waals surface area contributed by atoms with Crippen molar-refractivity contribution in [2.45, 2.75) is 26.3 Å². The fraction of sp³-hybridized carbons (Fsp3) is 0.333. The van der Waals surface area contributed by atoms with Gasteiger partial charge in [-0.25, -0.2) is 9.97 Å². The van der Waals surface area contributed by atoms with Gasteiger partial charge in [0.2, 0.25) is 0 Å². The summed E-state index contributed by atoms with van der Waals surface area (Å²) in [7, 11) is 1.58. The number of methoxy groups -OCH3 is 1. The minimum Gasteiger partial charge on any atom is -0.507 e. The normalized spacial score (nSPS) is 12.3. The smallest absolute Gasteiger partial charge is 0.166 e. The second-order valence-corrected chi connectivity index (χ2v) is 7.07. The third-order valence-electron chi connectivity index (χ3n) is 4.35. The average molecular weight is 366 g/mol. The molecule has 0 radical (unpaired) electrons. The Morgan fingerprint density at radius 1 is 1.15 bits per heavy atom. The van der Waals surface area contributed by atoms with Gasteiger partial charge in [-0.2, -0.15) is 0 Å². The maximum absolute atomic E-state index is 10.3. The molecule has 1 atom stereocenters. The Kier molecular flexibility index (Phi) is 5.76. The molecule has 0 amide bonds. The van der Waals surface area contributed by atoms with Crippen molar-refractivity contribution in [3.05, 3.63) is 42.5 Å². The highest BCUT2D eigenvalue weighted by atomic mass is 16.5. The monoisotopic (exact) mass is 366 g/mol. The Balaban J connectivity index is 2.01. The van der Waals surface area contributed by atoms with Gasteiger partial charge < -0.3 is 20.9 Å². The molecule has 0 aliphatic heterocycles. The summed E-state index contributed by atoms with van der Waals surface area (Å²) in [5.41, 5.74) is 7.53. The maximum atomic E-state index is 10.3. The number of nitrogens with two attached hydrogens (primary N) is 1. The molecule has 6 heteroatoms. The summed E-state index contributed by atoms with van der Waals surface area (Å²) >= 11 is 0. The molecule has 0 aliphatic carbocycles. The van der Waals surface area contributed by atoms with Crippen LogP contribution in [-0.4, -0.2) is 34.8 Å². The lowest BCUT2D eigenvalue weighted by Gasteiger charge is -2.17. The van der Waals surface area contributed by atoms with Crippen molar-refractivity contribution in [1.82, 2.24) is 9.97 Å². The largest absolute Gasteiger partial charge is 0.507 e. The fourth-order valence-electron chi connectivity index (χ4n) is 3.07. The molecule has 1 aromatic heterocycles. The van der Waals surface area contributed by atoms with Crippen LogP contribution in [-0.2, 0) is 0 Å². The molecule has 142 valence electrons. The van der Waals surface area contributed by atoms with Crippen LogP contribution in [0.4, 0.5) is 5.82 Å². The summed E-state index contributed by atoms with van der Waals surface area (Å²) in [4.78, 5) is 9.29. The number of ether oxygens (including phenoxy) is 1. The molecule has 0 aliphatic rings. The highest BCUT2D eigenvalue weighted by molar-refractivity contribution is 5.91. The number of phenols is 1. The first kappa shape index (κ1) is 18.9. The maximum Gasteiger partial charge on any atom is 0.166 e. The van der Waals surface area contributed by atoms with Crippen molar-refractivity contribution in [2.75, 3.05) is 19.0 Å². The van der Waals surface area contributed by atoms with Crippen molar-refractivity contribution >= 4 is 16.7 Å². The van der Waals surface area contributed by atoms with Crippen LogP contribution in [0.2, 0.25) is 0 Å².